The van der Waals surface area contributed by atoms with Crippen LogP contribution < -0.4 is 9.64 Å². The van der Waals surface area contributed by atoms with Crippen molar-refractivity contribution in [3.05, 3.63) is 22.2 Å². The van der Waals surface area contributed by atoms with Crippen molar-refractivity contribution >= 4 is 21.6 Å². The minimum Gasteiger partial charge on any atom is -0.483 e. The molecule has 3 heteroatoms. The number of likely N-dealkylation sites (N-methyl/N-ethyl adjacent to an activating group) is 1. The van der Waals surface area contributed by atoms with Crippen LogP contribution in [-0.2, 0) is 0 Å². The van der Waals surface area contributed by atoms with E-state index < -0.39 is 0 Å². The topological polar surface area (TPSA) is 12.5 Å². The molecule has 0 N–H and O–H groups in total. The second kappa shape index (κ2) is 3.41. The molecule has 0 saturated heterocycles. The normalized spacial score (nSPS) is 18.3. The van der Waals surface area contributed by atoms with Gasteiger partial charge in [0.05, 0.1) is 16.7 Å². The molecule has 0 saturated carbocycles. The average Bonchev–Trinajstić information content (AvgIpc) is 2.06. The van der Waals surface area contributed by atoms with Crippen molar-refractivity contribution in [2.75, 3.05) is 18.5 Å². The van der Waals surface area contributed by atoms with Gasteiger partial charge in [0.1, 0.15) is 5.60 Å². The number of aryl methyl sites for hydroxylation is 1. The third-order valence-corrected chi connectivity index (χ3v) is 3.16. The fourth-order valence-corrected chi connectivity index (χ4v) is 2.71. The SMILES string of the molecule is Cc1cc(Br)c2c(c1)N(C)CC(C)(C)O2. The van der Waals surface area contributed by atoms with Crippen LogP contribution in [0.3, 0.4) is 0 Å². The summed E-state index contributed by atoms with van der Waals surface area (Å²) in [5, 5.41) is 0. The number of halogens is 1. The summed E-state index contributed by atoms with van der Waals surface area (Å²) in [4.78, 5) is 2.25. The summed E-state index contributed by atoms with van der Waals surface area (Å²) in [5.74, 6) is 0.958. The van der Waals surface area contributed by atoms with Crippen molar-refractivity contribution < 1.29 is 4.74 Å². The highest BCUT2D eigenvalue weighted by molar-refractivity contribution is 9.10. The summed E-state index contributed by atoms with van der Waals surface area (Å²) >= 11 is 3.56. The summed E-state index contributed by atoms with van der Waals surface area (Å²) < 4.78 is 7.03. The highest BCUT2D eigenvalue weighted by Gasteiger charge is 2.31. The van der Waals surface area contributed by atoms with Crippen LogP contribution in [0.4, 0.5) is 5.69 Å². The predicted molar refractivity (Wildman–Crippen MR) is 66.9 cm³/mol. The van der Waals surface area contributed by atoms with Gasteiger partial charge in [0.25, 0.3) is 0 Å². The Balaban J connectivity index is 2.55. The molecule has 0 atom stereocenters. The quantitative estimate of drug-likeness (QED) is 0.716. The average molecular weight is 270 g/mol. The van der Waals surface area contributed by atoms with Gasteiger partial charge in [-0.05, 0) is 54.4 Å². The van der Waals surface area contributed by atoms with Crippen LogP contribution in [0.25, 0.3) is 0 Å². The van der Waals surface area contributed by atoms with Crippen LogP contribution in [0.1, 0.15) is 19.4 Å². The summed E-state index contributed by atoms with van der Waals surface area (Å²) in [6.07, 6.45) is 0. The molecule has 0 bridgehead atoms. The number of rotatable bonds is 0. The zero-order chi connectivity index (χ0) is 11.2. The first-order chi connectivity index (χ1) is 6.89. The van der Waals surface area contributed by atoms with Gasteiger partial charge >= 0.3 is 0 Å². The molecule has 0 amide bonds. The Hall–Kier alpha value is -0.700. The van der Waals surface area contributed by atoms with Gasteiger partial charge in [-0.15, -0.1) is 0 Å². The summed E-state index contributed by atoms with van der Waals surface area (Å²) in [7, 11) is 2.11. The molecule has 1 aliphatic heterocycles. The van der Waals surface area contributed by atoms with Crippen LogP contribution in [0.15, 0.2) is 16.6 Å². The van der Waals surface area contributed by atoms with E-state index in [0.29, 0.717) is 0 Å². The van der Waals surface area contributed by atoms with Crippen LogP contribution >= 0.6 is 15.9 Å². The van der Waals surface area contributed by atoms with Crippen molar-refractivity contribution in [2.24, 2.45) is 0 Å². The van der Waals surface area contributed by atoms with Gasteiger partial charge in [-0.2, -0.15) is 0 Å². The van der Waals surface area contributed by atoms with Crippen molar-refractivity contribution in [3.63, 3.8) is 0 Å². The monoisotopic (exact) mass is 269 g/mol. The molecular weight excluding hydrogens is 254 g/mol. The first kappa shape index (κ1) is 10.8. The molecule has 0 aliphatic carbocycles. The maximum absolute atomic E-state index is 5.99. The van der Waals surface area contributed by atoms with E-state index in [1.165, 1.54) is 11.3 Å². The Kier molecular flexibility index (Phi) is 2.45. The fourth-order valence-electron chi connectivity index (χ4n) is 2.06. The van der Waals surface area contributed by atoms with Crippen LogP contribution in [0.2, 0.25) is 0 Å². The second-order valence-corrected chi connectivity index (χ2v) is 5.67. The Labute approximate surface area is 99.4 Å². The highest BCUT2D eigenvalue weighted by atomic mass is 79.9. The fraction of sp³-hybridized carbons (Fsp3) is 0.500. The van der Waals surface area contributed by atoms with Crippen molar-refractivity contribution in [2.45, 2.75) is 26.4 Å². The second-order valence-electron chi connectivity index (χ2n) is 4.81. The highest BCUT2D eigenvalue weighted by Crippen LogP contribution is 2.42. The Morgan fingerprint density at radius 1 is 1.40 bits per heavy atom. The van der Waals surface area contributed by atoms with E-state index in [1.54, 1.807) is 0 Å². The number of ether oxygens (including phenoxy) is 1. The van der Waals surface area contributed by atoms with E-state index in [0.717, 1.165) is 16.8 Å². The van der Waals surface area contributed by atoms with Crippen LogP contribution in [-0.4, -0.2) is 19.2 Å². The minimum atomic E-state index is -0.125. The Morgan fingerprint density at radius 2 is 2.07 bits per heavy atom. The molecule has 1 aromatic rings. The van der Waals surface area contributed by atoms with Gasteiger partial charge in [0.15, 0.2) is 5.75 Å². The van der Waals surface area contributed by atoms with Crippen LogP contribution in [0, 0.1) is 6.92 Å². The molecule has 1 heterocycles. The maximum atomic E-state index is 5.99. The van der Waals surface area contributed by atoms with Gasteiger partial charge < -0.3 is 9.64 Å². The summed E-state index contributed by atoms with van der Waals surface area (Å²) in [6.45, 7) is 7.23. The number of anilines is 1. The van der Waals surface area contributed by atoms with Gasteiger partial charge in [-0.25, -0.2) is 0 Å². The first-order valence-electron chi connectivity index (χ1n) is 5.09. The van der Waals surface area contributed by atoms with E-state index in [4.69, 9.17) is 4.74 Å². The Bertz CT molecular complexity index is 401. The molecule has 15 heavy (non-hydrogen) atoms. The van der Waals surface area contributed by atoms with Crippen LogP contribution in [0.5, 0.6) is 5.75 Å². The van der Waals surface area contributed by atoms with Gasteiger partial charge in [-0.3, -0.25) is 0 Å². The van der Waals surface area contributed by atoms with Crippen molar-refractivity contribution in [3.8, 4) is 5.75 Å². The lowest BCUT2D eigenvalue weighted by Gasteiger charge is -2.39. The molecule has 1 aliphatic rings. The molecule has 0 unspecified atom stereocenters. The number of nitrogens with zero attached hydrogens (tertiary/aromatic N) is 1. The lowest BCUT2D eigenvalue weighted by molar-refractivity contribution is 0.106. The molecular formula is C12H16BrNO. The first-order valence-corrected chi connectivity index (χ1v) is 5.89. The van der Waals surface area contributed by atoms with E-state index in [-0.39, 0.29) is 5.60 Å². The molecule has 0 radical (unpaired) electrons. The third kappa shape index (κ3) is 1.98. The molecule has 82 valence electrons. The molecule has 2 rings (SSSR count). The smallest absolute Gasteiger partial charge is 0.157 e. The van der Waals surface area contributed by atoms with E-state index >= 15 is 0 Å². The summed E-state index contributed by atoms with van der Waals surface area (Å²) in [6, 6.07) is 4.25. The molecule has 2 nitrogen and oxygen atoms in total. The maximum Gasteiger partial charge on any atom is 0.157 e. The Morgan fingerprint density at radius 3 is 2.73 bits per heavy atom. The van der Waals surface area contributed by atoms with E-state index in [2.05, 4.69) is 60.8 Å². The largest absolute Gasteiger partial charge is 0.483 e. The number of hydrogen-bond donors (Lipinski definition) is 0. The molecule has 0 spiro atoms. The number of fused-ring (bicyclic) bond motifs is 1. The summed E-state index contributed by atoms with van der Waals surface area (Å²) in [5.41, 5.74) is 2.29. The minimum absolute atomic E-state index is 0.125. The van der Waals surface area contributed by atoms with Gasteiger partial charge in [0, 0.05) is 7.05 Å². The lowest BCUT2D eigenvalue weighted by atomic mass is 10.0. The number of hydrogen-bond acceptors (Lipinski definition) is 2. The zero-order valence-electron chi connectivity index (χ0n) is 9.60. The third-order valence-electron chi connectivity index (χ3n) is 2.58. The van der Waals surface area contributed by atoms with Crippen molar-refractivity contribution in [1.82, 2.24) is 0 Å². The molecule has 0 fully saturated rings. The van der Waals surface area contributed by atoms with Gasteiger partial charge in [-0.1, -0.05) is 0 Å². The van der Waals surface area contributed by atoms with E-state index in [9.17, 15) is 0 Å². The molecule has 1 aromatic carbocycles. The standard InChI is InChI=1S/C12H16BrNO/c1-8-5-9(13)11-10(6-8)14(4)7-12(2,3)15-11/h5-6H,7H2,1-4H3. The lowest BCUT2D eigenvalue weighted by Crippen LogP contribution is -2.45. The van der Waals surface area contributed by atoms with Crippen molar-refractivity contribution in [1.29, 1.82) is 0 Å². The number of benzene rings is 1. The predicted octanol–water partition coefficient (Wildman–Crippen LogP) is 3.36. The van der Waals surface area contributed by atoms with E-state index in [1.807, 2.05) is 0 Å². The van der Waals surface area contributed by atoms with Gasteiger partial charge in [0.2, 0.25) is 0 Å². The molecule has 0 aromatic heterocycles. The zero-order valence-corrected chi connectivity index (χ0v) is 11.2.